The molecule has 0 saturated carbocycles. The highest BCUT2D eigenvalue weighted by molar-refractivity contribution is 5.72. The molecule has 0 aliphatic rings. The van der Waals surface area contributed by atoms with Crippen molar-refractivity contribution in [3.8, 4) is 11.8 Å². The van der Waals surface area contributed by atoms with Crippen molar-refractivity contribution in [1.29, 1.82) is 0 Å². The summed E-state index contributed by atoms with van der Waals surface area (Å²) in [6, 6.07) is 0. The van der Waals surface area contributed by atoms with Crippen molar-refractivity contribution in [3.05, 3.63) is 0 Å². The van der Waals surface area contributed by atoms with Gasteiger partial charge in [0.05, 0.1) is 13.0 Å². The smallest absolute Gasteiger partial charge is 0.309 e. The first-order chi connectivity index (χ1) is 8.26. The van der Waals surface area contributed by atoms with Crippen LogP contribution in [-0.2, 0) is 9.53 Å². The second kappa shape index (κ2) is 11.5. The number of carbonyl (C=O) groups is 1. The van der Waals surface area contributed by atoms with Gasteiger partial charge in [-0.3, -0.25) is 4.79 Å². The molecule has 0 spiro atoms. The minimum Gasteiger partial charge on any atom is -0.469 e. The quantitative estimate of drug-likeness (QED) is 0.345. The Morgan fingerprint density at radius 2 is 1.82 bits per heavy atom. The van der Waals surface area contributed by atoms with Gasteiger partial charge < -0.3 is 4.74 Å². The zero-order valence-electron chi connectivity index (χ0n) is 11.6. The number of ether oxygens (including phenoxy) is 1. The number of hydrogen-bond acceptors (Lipinski definition) is 2. The van der Waals surface area contributed by atoms with Crippen molar-refractivity contribution < 1.29 is 9.53 Å². The summed E-state index contributed by atoms with van der Waals surface area (Å²) in [5.41, 5.74) is 0. The van der Waals surface area contributed by atoms with Gasteiger partial charge in [0.25, 0.3) is 0 Å². The van der Waals surface area contributed by atoms with E-state index in [1.54, 1.807) is 6.92 Å². The number of esters is 1. The SMILES string of the molecule is CC#CCC(CCCCCCCC)C(=O)OC. The van der Waals surface area contributed by atoms with Crippen molar-refractivity contribution in [1.82, 2.24) is 0 Å². The van der Waals surface area contributed by atoms with Crippen LogP contribution in [0.3, 0.4) is 0 Å². The zero-order valence-corrected chi connectivity index (χ0v) is 11.6. The summed E-state index contributed by atoms with van der Waals surface area (Å²) in [6.07, 6.45) is 9.06. The molecular weight excluding hydrogens is 212 g/mol. The summed E-state index contributed by atoms with van der Waals surface area (Å²) < 4.78 is 4.80. The standard InChI is InChI=1S/C15H26O2/c1-4-6-8-9-10-11-13-14(12-7-5-2)15(16)17-3/h14H,4,6,8-13H2,1-3H3. The maximum absolute atomic E-state index is 11.5. The Morgan fingerprint density at radius 3 is 2.41 bits per heavy atom. The average molecular weight is 238 g/mol. The minimum absolute atomic E-state index is 0.0291. The highest BCUT2D eigenvalue weighted by Gasteiger charge is 2.17. The monoisotopic (exact) mass is 238 g/mol. The van der Waals surface area contributed by atoms with Crippen LogP contribution in [0, 0.1) is 17.8 Å². The van der Waals surface area contributed by atoms with Gasteiger partial charge in [-0.05, 0) is 13.3 Å². The van der Waals surface area contributed by atoms with Gasteiger partial charge in [0, 0.05) is 6.42 Å². The highest BCUT2D eigenvalue weighted by Crippen LogP contribution is 2.16. The third kappa shape index (κ3) is 8.80. The van der Waals surface area contributed by atoms with Gasteiger partial charge in [-0.1, -0.05) is 45.4 Å². The predicted molar refractivity (Wildman–Crippen MR) is 71.6 cm³/mol. The lowest BCUT2D eigenvalue weighted by atomic mass is 9.97. The molecule has 0 N–H and O–H groups in total. The summed E-state index contributed by atoms with van der Waals surface area (Å²) >= 11 is 0. The fraction of sp³-hybridized carbons (Fsp3) is 0.800. The first-order valence-corrected chi connectivity index (χ1v) is 6.73. The summed E-state index contributed by atoms with van der Waals surface area (Å²) in [7, 11) is 1.45. The summed E-state index contributed by atoms with van der Waals surface area (Å²) in [5.74, 6) is 5.67. The third-order valence-electron chi connectivity index (χ3n) is 2.97. The second-order valence-electron chi connectivity index (χ2n) is 4.41. The number of unbranched alkanes of at least 4 members (excludes halogenated alkanes) is 5. The molecule has 0 amide bonds. The minimum atomic E-state index is -0.110. The zero-order chi connectivity index (χ0) is 12.9. The normalized spacial score (nSPS) is 11.5. The van der Waals surface area contributed by atoms with E-state index in [1.165, 1.54) is 39.2 Å². The van der Waals surface area contributed by atoms with Crippen LogP contribution in [-0.4, -0.2) is 13.1 Å². The van der Waals surface area contributed by atoms with Gasteiger partial charge in [-0.15, -0.1) is 11.8 Å². The summed E-state index contributed by atoms with van der Waals surface area (Å²) in [4.78, 5) is 11.5. The number of carbonyl (C=O) groups excluding carboxylic acids is 1. The molecule has 0 fully saturated rings. The van der Waals surface area contributed by atoms with E-state index in [1.807, 2.05) is 0 Å². The van der Waals surface area contributed by atoms with Crippen LogP contribution in [0.25, 0.3) is 0 Å². The van der Waals surface area contributed by atoms with Gasteiger partial charge in [0.2, 0.25) is 0 Å². The molecule has 0 aromatic rings. The maximum Gasteiger partial charge on any atom is 0.309 e. The van der Waals surface area contributed by atoms with Gasteiger partial charge in [-0.2, -0.15) is 0 Å². The Hall–Kier alpha value is -0.970. The van der Waals surface area contributed by atoms with E-state index in [4.69, 9.17) is 4.74 Å². The van der Waals surface area contributed by atoms with Crippen LogP contribution in [0.1, 0.15) is 65.2 Å². The molecular formula is C15H26O2. The van der Waals surface area contributed by atoms with Crippen LogP contribution in [0.15, 0.2) is 0 Å². The molecule has 0 radical (unpaired) electrons. The third-order valence-corrected chi connectivity index (χ3v) is 2.97. The van der Waals surface area contributed by atoms with E-state index in [2.05, 4.69) is 18.8 Å². The lowest BCUT2D eigenvalue weighted by molar-refractivity contribution is -0.145. The molecule has 0 heterocycles. The molecule has 0 saturated heterocycles. The van der Waals surface area contributed by atoms with Gasteiger partial charge in [-0.25, -0.2) is 0 Å². The van der Waals surface area contributed by atoms with E-state index in [0.717, 1.165) is 12.8 Å². The Kier molecular flexibility index (Phi) is 10.9. The van der Waals surface area contributed by atoms with Gasteiger partial charge in [0.1, 0.15) is 0 Å². The second-order valence-corrected chi connectivity index (χ2v) is 4.41. The lowest BCUT2D eigenvalue weighted by Crippen LogP contribution is -2.15. The van der Waals surface area contributed by atoms with E-state index in [0.29, 0.717) is 6.42 Å². The summed E-state index contributed by atoms with van der Waals surface area (Å²) in [5, 5.41) is 0. The molecule has 0 aromatic heterocycles. The lowest BCUT2D eigenvalue weighted by Gasteiger charge is -2.11. The predicted octanol–water partition coefficient (Wildman–Crippen LogP) is 3.94. The molecule has 1 atom stereocenters. The van der Waals surface area contributed by atoms with Crippen LogP contribution in [0.4, 0.5) is 0 Å². The van der Waals surface area contributed by atoms with Crippen molar-refractivity contribution >= 4 is 5.97 Å². The molecule has 0 aliphatic carbocycles. The van der Waals surface area contributed by atoms with Crippen molar-refractivity contribution in [2.45, 2.75) is 65.2 Å². The van der Waals surface area contributed by atoms with Crippen molar-refractivity contribution in [3.63, 3.8) is 0 Å². The molecule has 0 aliphatic heterocycles. The average Bonchev–Trinajstić information content (AvgIpc) is 2.36. The maximum atomic E-state index is 11.5. The largest absolute Gasteiger partial charge is 0.469 e. The molecule has 17 heavy (non-hydrogen) atoms. The fourth-order valence-corrected chi connectivity index (χ4v) is 1.87. The van der Waals surface area contributed by atoms with Crippen LogP contribution in [0.5, 0.6) is 0 Å². The molecule has 98 valence electrons. The molecule has 0 bridgehead atoms. The first-order valence-electron chi connectivity index (χ1n) is 6.73. The van der Waals surface area contributed by atoms with Crippen LogP contribution >= 0.6 is 0 Å². The summed E-state index contributed by atoms with van der Waals surface area (Å²) in [6.45, 7) is 4.02. The van der Waals surface area contributed by atoms with E-state index in [-0.39, 0.29) is 11.9 Å². The Labute approximate surface area is 106 Å². The Morgan fingerprint density at radius 1 is 1.18 bits per heavy atom. The van der Waals surface area contributed by atoms with E-state index >= 15 is 0 Å². The van der Waals surface area contributed by atoms with Crippen LogP contribution in [0.2, 0.25) is 0 Å². The molecule has 0 rings (SSSR count). The van der Waals surface area contributed by atoms with E-state index in [9.17, 15) is 4.79 Å². The topological polar surface area (TPSA) is 26.3 Å². The fourth-order valence-electron chi connectivity index (χ4n) is 1.87. The molecule has 0 aromatic carbocycles. The highest BCUT2D eigenvalue weighted by atomic mass is 16.5. The van der Waals surface area contributed by atoms with Gasteiger partial charge >= 0.3 is 5.97 Å². The number of rotatable bonds is 9. The number of hydrogen-bond donors (Lipinski definition) is 0. The number of methoxy groups -OCH3 is 1. The van der Waals surface area contributed by atoms with Crippen LogP contribution < -0.4 is 0 Å². The molecule has 1 unspecified atom stereocenters. The first kappa shape index (κ1) is 16.0. The molecule has 2 heteroatoms. The van der Waals surface area contributed by atoms with Gasteiger partial charge in [0.15, 0.2) is 0 Å². The van der Waals surface area contributed by atoms with E-state index < -0.39 is 0 Å². The molecule has 2 nitrogen and oxygen atoms in total. The Bertz CT molecular complexity index is 247. The van der Waals surface area contributed by atoms with Crippen molar-refractivity contribution in [2.75, 3.05) is 7.11 Å². The van der Waals surface area contributed by atoms with Crippen molar-refractivity contribution in [2.24, 2.45) is 5.92 Å². The Balaban J connectivity index is 3.74.